The molecule has 2 rings (SSSR count). The second-order valence-corrected chi connectivity index (χ2v) is 6.06. The predicted molar refractivity (Wildman–Crippen MR) is 85.8 cm³/mol. The number of fused-ring (bicyclic) bond motifs is 1. The lowest BCUT2D eigenvalue weighted by atomic mass is 10.0. The lowest BCUT2D eigenvalue weighted by molar-refractivity contribution is -0.132. The van der Waals surface area contributed by atoms with Crippen LogP contribution in [0.15, 0.2) is 24.3 Å². The molecule has 3 N–H and O–H groups in total. The lowest BCUT2D eigenvalue weighted by Crippen LogP contribution is -2.39. The van der Waals surface area contributed by atoms with Gasteiger partial charge >= 0.3 is 0 Å². The molecule has 0 aliphatic carbocycles. The van der Waals surface area contributed by atoms with E-state index in [-0.39, 0.29) is 23.8 Å². The molecule has 0 spiro atoms. The zero-order chi connectivity index (χ0) is 16.1. The Labute approximate surface area is 131 Å². The average molecular weight is 303 g/mol. The van der Waals surface area contributed by atoms with E-state index in [2.05, 4.69) is 17.4 Å². The molecule has 0 radical (unpaired) electrons. The molecule has 1 aromatic rings. The van der Waals surface area contributed by atoms with Crippen molar-refractivity contribution < 1.29 is 9.59 Å². The van der Waals surface area contributed by atoms with Crippen molar-refractivity contribution in [2.45, 2.75) is 45.8 Å². The number of nitrogens with two attached hydrogens (primary N) is 1. The van der Waals surface area contributed by atoms with Gasteiger partial charge in [-0.15, -0.1) is 0 Å². The summed E-state index contributed by atoms with van der Waals surface area (Å²) in [6.07, 6.45) is 1.11. The Morgan fingerprint density at radius 1 is 1.23 bits per heavy atom. The maximum absolute atomic E-state index is 12.2. The van der Waals surface area contributed by atoms with E-state index in [1.807, 2.05) is 30.9 Å². The summed E-state index contributed by atoms with van der Waals surface area (Å²) >= 11 is 0. The summed E-state index contributed by atoms with van der Waals surface area (Å²) < 4.78 is 0. The van der Waals surface area contributed by atoms with E-state index in [1.165, 1.54) is 11.1 Å². The quantitative estimate of drug-likeness (QED) is 0.780. The molecule has 5 heteroatoms. The molecule has 0 saturated carbocycles. The second-order valence-electron chi connectivity index (χ2n) is 6.06. The largest absolute Gasteiger partial charge is 0.356 e. The molecule has 2 amide bonds. The van der Waals surface area contributed by atoms with Crippen molar-refractivity contribution >= 4 is 11.8 Å². The van der Waals surface area contributed by atoms with Crippen molar-refractivity contribution in [2.75, 3.05) is 6.54 Å². The third kappa shape index (κ3) is 4.07. The molecule has 0 fully saturated rings. The van der Waals surface area contributed by atoms with Gasteiger partial charge in [0.25, 0.3) is 0 Å². The summed E-state index contributed by atoms with van der Waals surface area (Å²) in [5, 5.41) is 2.84. The Hall–Kier alpha value is -1.88. The van der Waals surface area contributed by atoms with Gasteiger partial charge < -0.3 is 16.0 Å². The van der Waals surface area contributed by atoms with Crippen molar-refractivity contribution in [3.05, 3.63) is 35.4 Å². The number of nitrogens with zero attached hydrogens (tertiary/aromatic N) is 1. The van der Waals surface area contributed by atoms with Crippen LogP contribution in [0, 0.1) is 5.92 Å². The summed E-state index contributed by atoms with van der Waals surface area (Å²) in [6.45, 7) is 5.54. The smallest absolute Gasteiger partial charge is 0.224 e. The molecule has 0 bridgehead atoms. The van der Waals surface area contributed by atoms with Crippen LogP contribution in [0.1, 0.15) is 37.8 Å². The van der Waals surface area contributed by atoms with Gasteiger partial charge in [0.15, 0.2) is 0 Å². The summed E-state index contributed by atoms with van der Waals surface area (Å²) in [6, 6.07) is 7.98. The summed E-state index contributed by atoms with van der Waals surface area (Å²) in [4.78, 5) is 25.8. The van der Waals surface area contributed by atoms with Crippen molar-refractivity contribution in [1.82, 2.24) is 10.2 Å². The van der Waals surface area contributed by atoms with Crippen LogP contribution in [0.4, 0.5) is 0 Å². The zero-order valence-corrected chi connectivity index (χ0v) is 13.3. The van der Waals surface area contributed by atoms with Crippen LogP contribution in [0.25, 0.3) is 0 Å². The number of nitrogens with one attached hydrogen (secondary N) is 1. The highest BCUT2D eigenvalue weighted by Gasteiger charge is 2.22. The lowest BCUT2D eigenvalue weighted by Gasteiger charge is -2.17. The SMILES string of the molecule is CC(N)C(C)C(=O)NCCCC(=O)N1Cc2ccccc2C1. The molecular formula is C17H25N3O2. The van der Waals surface area contributed by atoms with Crippen molar-refractivity contribution in [3.63, 3.8) is 0 Å². The minimum absolute atomic E-state index is 0.0453. The Bertz CT molecular complexity index is 517. The number of rotatable bonds is 6. The van der Waals surface area contributed by atoms with Crippen molar-refractivity contribution in [3.8, 4) is 0 Å². The molecule has 22 heavy (non-hydrogen) atoms. The topological polar surface area (TPSA) is 75.4 Å². The molecule has 1 aromatic carbocycles. The number of hydrogen-bond acceptors (Lipinski definition) is 3. The van der Waals surface area contributed by atoms with Gasteiger partial charge in [0.2, 0.25) is 11.8 Å². The fraction of sp³-hybridized carbons (Fsp3) is 0.529. The van der Waals surface area contributed by atoms with E-state index in [4.69, 9.17) is 5.73 Å². The Kier molecular flexibility index (Phi) is 5.55. The minimum Gasteiger partial charge on any atom is -0.356 e. The Morgan fingerprint density at radius 3 is 2.36 bits per heavy atom. The van der Waals surface area contributed by atoms with E-state index < -0.39 is 0 Å². The molecule has 0 saturated heterocycles. The number of hydrogen-bond donors (Lipinski definition) is 2. The van der Waals surface area contributed by atoms with Crippen LogP contribution in [0.5, 0.6) is 0 Å². The fourth-order valence-corrected chi connectivity index (χ4v) is 2.52. The Morgan fingerprint density at radius 2 is 1.82 bits per heavy atom. The van der Waals surface area contributed by atoms with Gasteiger partial charge in [-0.05, 0) is 24.5 Å². The van der Waals surface area contributed by atoms with Gasteiger partial charge in [-0.1, -0.05) is 31.2 Å². The van der Waals surface area contributed by atoms with Crippen LogP contribution in [-0.4, -0.2) is 29.3 Å². The molecule has 1 aliphatic rings. The van der Waals surface area contributed by atoms with E-state index >= 15 is 0 Å². The zero-order valence-electron chi connectivity index (χ0n) is 13.3. The predicted octanol–water partition coefficient (Wildman–Crippen LogP) is 1.41. The molecular weight excluding hydrogens is 278 g/mol. The van der Waals surface area contributed by atoms with Gasteiger partial charge in [0.1, 0.15) is 0 Å². The van der Waals surface area contributed by atoms with E-state index in [1.54, 1.807) is 0 Å². The average Bonchev–Trinajstić information content (AvgIpc) is 2.94. The minimum atomic E-state index is -0.205. The van der Waals surface area contributed by atoms with Crippen LogP contribution in [0.3, 0.4) is 0 Å². The van der Waals surface area contributed by atoms with Crippen molar-refractivity contribution in [2.24, 2.45) is 11.7 Å². The van der Waals surface area contributed by atoms with Crippen molar-refractivity contribution in [1.29, 1.82) is 0 Å². The fourth-order valence-electron chi connectivity index (χ4n) is 2.52. The van der Waals surface area contributed by atoms with Gasteiger partial charge in [-0.3, -0.25) is 9.59 Å². The highest BCUT2D eigenvalue weighted by Crippen LogP contribution is 2.22. The molecule has 5 nitrogen and oxygen atoms in total. The van der Waals surface area contributed by atoms with Gasteiger partial charge in [0.05, 0.1) is 0 Å². The van der Waals surface area contributed by atoms with Crippen LogP contribution >= 0.6 is 0 Å². The normalized spacial score (nSPS) is 16.0. The molecule has 0 aromatic heterocycles. The monoisotopic (exact) mass is 303 g/mol. The van der Waals surface area contributed by atoms with Gasteiger partial charge in [0, 0.05) is 38.0 Å². The first-order chi connectivity index (χ1) is 10.5. The summed E-state index contributed by atoms with van der Waals surface area (Å²) in [5.74, 6) is -0.106. The maximum Gasteiger partial charge on any atom is 0.224 e. The number of carbonyl (C=O) groups is 2. The molecule has 1 heterocycles. The third-order valence-corrected chi connectivity index (χ3v) is 4.26. The summed E-state index contributed by atoms with van der Waals surface area (Å²) in [7, 11) is 0. The Balaban J connectivity index is 1.68. The first-order valence-electron chi connectivity index (χ1n) is 7.87. The van der Waals surface area contributed by atoms with Gasteiger partial charge in [-0.25, -0.2) is 0 Å². The van der Waals surface area contributed by atoms with E-state index in [9.17, 15) is 9.59 Å². The molecule has 2 unspecified atom stereocenters. The molecule has 1 aliphatic heterocycles. The number of benzene rings is 1. The second kappa shape index (κ2) is 7.40. The number of carbonyl (C=O) groups excluding carboxylic acids is 2. The highest BCUT2D eigenvalue weighted by molar-refractivity contribution is 5.79. The first kappa shape index (κ1) is 16.5. The van der Waals surface area contributed by atoms with E-state index in [0.717, 1.165) is 0 Å². The highest BCUT2D eigenvalue weighted by atomic mass is 16.2. The standard InChI is InChI=1S/C17H25N3O2/c1-12(13(2)18)17(22)19-9-5-8-16(21)20-10-14-6-3-4-7-15(14)11-20/h3-4,6-7,12-13H,5,8-11,18H2,1-2H3,(H,19,22). The summed E-state index contributed by atoms with van der Waals surface area (Å²) in [5.41, 5.74) is 8.15. The van der Waals surface area contributed by atoms with Crippen LogP contribution in [0.2, 0.25) is 0 Å². The molecule has 2 atom stereocenters. The maximum atomic E-state index is 12.2. The van der Waals surface area contributed by atoms with Crippen LogP contribution in [-0.2, 0) is 22.7 Å². The number of amides is 2. The third-order valence-electron chi connectivity index (χ3n) is 4.26. The molecule has 120 valence electrons. The first-order valence-corrected chi connectivity index (χ1v) is 7.87. The van der Waals surface area contributed by atoms with Gasteiger partial charge in [-0.2, -0.15) is 0 Å². The van der Waals surface area contributed by atoms with Crippen LogP contribution < -0.4 is 11.1 Å². The van der Waals surface area contributed by atoms with E-state index in [0.29, 0.717) is 32.5 Å².